The van der Waals surface area contributed by atoms with Gasteiger partial charge in [0.05, 0.1) is 13.2 Å². The highest BCUT2D eigenvalue weighted by Crippen LogP contribution is 2.26. The van der Waals surface area contributed by atoms with E-state index in [-0.39, 0.29) is 11.6 Å². The first-order valence-electron chi connectivity index (χ1n) is 5.12. The van der Waals surface area contributed by atoms with Crippen LogP contribution in [-0.4, -0.2) is 24.8 Å². The molecule has 1 saturated heterocycles. The summed E-state index contributed by atoms with van der Waals surface area (Å²) in [5.41, 5.74) is 0.195. The third kappa shape index (κ3) is 2.35. The maximum atomic E-state index is 11.5. The van der Waals surface area contributed by atoms with Crippen LogP contribution in [0.25, 0.3) is 0 Å². The van der Waals surface area contributed by atoms with Crippen molar-refractivity contribution in [2.45, 2.75) is 38.7 Å². The fourth-order valence-electron chi connectivity index (χ4n) is 1.34. The van der Waals surface area contributed by atoms with E-state index < -0.39 is 0 Å². The van der Waals surface area contributed by atoms with Crippen molar-refractivity contribution in [3.8, 4) is 0 Å². The van der Waals surface area contributed by atoms with Crippen LogP contribution in [0.3, 0.4) is 0 Å². The lowest BCUT2D eigenvalue weighted by atomic mass is 9.98. The van der Waals surface area contributed by atoms with Crippen LogP contribution in [0.1, 0.15) is 33.1 Å². The van der Waals surface area contributed by atoms with E-state index in [0.717, 1.165) is 12.8 Å². The largest absolute Gasteiger partial charge is 0.451 e. The van der Waals surface area contributed by atoms with Gasteiger partial charge in [0.2, 0.25) is 0 Å². The molecule has 14 heavy (non-hydrogen) atoms. The molecule has 1 rings (SSSR count). The van der Waals surface area contributed by atoms with E-state index >= 15 is 0 Å². The number of esters is 1. The van der Waals surface area contributed by atoms with Crippen LogP contribution in [0.15, 0.2) is 12.2 Å². The van der Waals surface area contributed by atoms with Crippen molar-refractivity contribution in [2.75, 3.05) is 13.2 Å². The van der Waals surface area contributed by atoms with E-state index in [0.29, 0.717) is 25.2 Å². The molecule has 1 aliphatic rings. The number of hydrogen-bond donors (Lipinski definition) is 0. The summed E-state index contributed by atoms with van der Waals surface area (Å²) >= 11 is 0. The minimum absolute atomic E-state index is 0.267. The van der Waals surface area contributed by atoms with E-state index in [4.69, 9.17) is 9.47 Å². The van der Waals surface area contributed by atoms with Gasteiger partial charge in [-0.1, -0.05) is 26.8 Å². The molecular weight excluding hydrogens is 180 g/mol. The Kier molecular flexibility index (Phi) is 3.69. The Morgan fingerprint density at radius 2 is 2.14 bits per heavy atom. The average molecular weight is 198 g/mol. The molecule has 0 spiro atoms. The van der Waals surface area contributed by atoms with Crippen molar-refractivity contribution in [1.29, 1.82) is 0 Å². The zero-order chi connectivity index (χ0) is 10.6. The van der Waals surface area contributed by atoms with Gasteiger partial charge in [0.1, 0.15) is 0 Å². The smallest absolute Gasteiger partial charge is 0.334 e. The van der Waals surface area contributed by atoms with E-state index in [1.165, 1.54) is 0 Å². The van der Waals surface area contributed by atoms with Crippen LogP contribution in [-0.2, 0) is 14.3 Å². The summed E-state index contributed by atoms with van der Waals surface area (Å²) in [5, 5.41) is 0. The first-order valence-corrected chi connectivity index (χ1v) is 5.12. The minimum atomic E-state index is -0.367. The Labute approximate surface area is 85.1 Å². The molecule has 3 heteroatoms. The second kappa shape index (κ2) is 4.60. The van der Waals surface area contributed by atoms with Gasteiger partial charge in [-0.15, -0.1) is 0 Å². The molecule has 0 aromatic rings. The molecule has 0 saturated carbocycles. The molecule has 1 aliphatic heterocycles. The summed E-state index contributed by atoms with van der Waals surface area (Å²) in [5.74, 6) is -0.267. The molecule has 0 unspecified atom stereocenters. The molecule has 1 fully saturated rings. The number of carbonyl (C=O) groups excluding carboxylic acids is 1. The summed E-state index contributed by atoms with van der Waals surface area (Å²) in [4.78, 5) is 11.5. The third-order valence-electron chi connectivity index (χ3n) is 2.52. The molecular formula is C11H18O3. The molecule has 0 aromatic carbocycles. The lowest BCUT2D eigenvalue weighted by Crippen LogP contribution is -2.52. The van der Waals surface area contributed by atoms with Crippen LogP contribution < -0.4 is 0 Å². The zero-order valence-corrected chi connectivity index (χ0v) is 8.97. The van der Waals surface area contributed by atoms with Gasteiger partial charge in [-0.2, -0.15) is 0 Å². The van der Waals surface area contributed by atoms with Gasteiger partial charge in [-0.3, -0.25) is 0 Å². The highest BCUT2D eigenvalue weighted by Gasteiger charge is 2.41. The Morgan fingerprint density at radius 3 is 2.50 bits per heavy atom. The van der Waals surface area contributed by atoms with Crippen molar-refractivity contribution in [3.63, 3.8) is 0 Å². The normalized spacial score (nSPS) is 18.4. The minimum Gasteiger partial charge on any atom is -0.451 e. The lowest BCUT2D eigenvalue weighted by molar-refractivity contribution is -0.210. The van der Waals surface area contributed by atoms with E-state index in [2.05, 4.69) is 6.58 Å². The fraction of sp³-hybridized carbons (Fsp3) is 0.727. The van der Waals surface area contributed by atoms with Gasteiger partial charge in [0.15, 0.2) is 5.60 Å². The van der Waals surface area contributed by atoms with Crippen LogP contribution >= 0.6 is 0 Å². The van der Waals surface area contributed by atoms with Gasteiger partial charge < -0.3 is 9.47 Å². The van der Waals surface area contributed by atoms with Gasteiger partial charge in [-0.05, 0) is 12.8 Å². The van der Waals surface area contributed by atoms with Crippen LogP contribution in [0.4, 0.5) is 0 Å². The van der Waals surface area contributed by atoms with Crippen LogP contribution in [0, 0.1) is 0 Å². The lowest BCUT2D eigenvalue weighted by Gasteiger charge is -2.39. The topological polar surface area (TPSA) is 35.5 Å². The standard InChI is InChI=1S/C11H18O3/c1-4-6-9(3)10(12)14-11(5-2)7-13-8-11/h3-8H2,1-2H3. The summed E-state index contributed by atoms with van der Waals surface area (Å²) < 4.78 is 10.4. The SMILES string of the molecule is C=C(CCC)C(=O)OC1(CC)COC1. The molecule has 0 aliphatic carbocycles. The molecule has 0 amide bonds. The summed E-state index contributed by atoms with van der Waals surface area (Å²) in [6.07, 6.45) is 2.43. The van der Waals surface area contributed by atoms with Gasteiger partial charge in [-0.25, -0.2) is 4.79 Å². The second-order valence-corrected chi connectivity index (χ2v) is 3.77. The van der Waals surface area contributed by atoms with E-state index in [9.17, 15) is 4.79 Å². The number of hydrogen-bond acceptors (Lipinski definition) is 3. The maximum absolute atomic E-state index is 11.5. The molecule has 0 bridgehead atoms. The van der Waals surface area contributed by atoms with Crippen LogP contribution in [0.5, 0.6) is 0 Å². The Balaban J connectivity index is 2.43. The molecule has 3 nitrogen and oxygen atoms in total. The van der Waals surface area contributed by atoms with Crippen molar-refractivity contribution in [3.05, 3.63) is 12.2 Å². The summed E-state index contributed by atoms with van der Waals surface area (Å²) in [7, 11) is 0. The number of ether oxygens (including phenoxy) is 2. The zero-order valence-electron chi connectivity index (χ0n) is 8.97. The quantitative estimate of drug-likeness (QED) is 0.501. The summed E-state index contributed by atoms with van der Waals surface area (Å²) in [6.45, 7) is 8.76. The maximum Gasteiger partial charge on any atom is 0.334 e. The predicted molar refractivity (Wildman–Crippen MR) is 54.0 cm³/mol. The first kappa shape index (κ1) is 11.2. The monoisotopic (exact) mass is 198 g/mol. The van der Waals surface area contributed by atoms with Crippen molar-refractivity contribution in [1.82, 2.24) is 0 Å². The molecule has 0 aromatic heterocycles. The Morgan fingerprint density at radius 1 is 1.50 bits per heavy atom. The molecule has 0 N–H and O–H groups in total. The number of rotatable bonds is 5. The van der Waals surface area contributed by atoms with Gasteiger partial charge >= 0.3 is 5.97 Å². The third-order valence-corrected chi connectivity index (χ3v) is 2.52. The fourth-order valence-corrected chi connectivity index (χ4v) is 1.34. The van der Waals surface area contributed by atoms with E-state index in [1.54, 1.807) is 0 Å². The highest BCUT2D eigenvalue weighted by atomic mass is 16.6. The van der Waals surface area contributed by atoms with Gasteiger partial charge in [0, 0.05) is 5.57 Å². The number of carbonyl (C=O) groups is 1. The van der Waals surface area contributed by atoms with Crippen molar-refractivity contribution in [2.24, 2.45) is 0 Å². The predicted octanol–water partition coefficient (Wildman–Crippen LogP) is 2.06. The van der Waals surface area contributed by atoms with Crippen LogP contribution in [0.2, 0.25) is 0 Å². The first-order chi connectivity index (χ1) is 6.63. The summed E-state index contributed by atoms with van der Waals surface area (Å²) in [6, 6.07) is 0. The Bertz CT molecular complexity index is 223. The molecule has 0 radical (unpaired) electrons. The Hall–Kier alpha value is -0.830. The average Bonchev–Trinajstić information content (AvgIpc) is 2.11. The van der Waals surface area contributed by atoms with Crippen molar-refractivity contribution >= 4 is 5.97 Å². The van der Waals surface area contributed by atoms with E-state index in [1.807, 2.05) is 13.8 Å². The van der Waals surface area contributed by atoms with Gasteiger partial charge in [0.25, 0.3) is 0 Å². The molecule has 0 atom stereocenters. The van der Waals surface area contributed by atoms with Crippen molar-refractivity contribution < 1.29 is 14.3 Å². The molecule has 80 valence electrons. The molecule has 1 heterocycles. The second-order valence-electron chi connectivity index (χ2n) is 3.77. The highest BCUT2D eigenvalue weighted by molar-refractivity contribution is 5.88.